The molecule has 1 unspecified atom stereocenters. The largest absolute Gasteiger partial charge is 0.450 e. The van der Waals surface area contributed by atoms with Gasteiger partial charge in [-0.15, -0.1) is 22.0 Å². The van der Waals surface area contributed by atoms with Gasteiger partial charge < -0.3 is 4.42 Å². The molecule has 4 aromatic rings. The number of amides is 1. The summed E-state index contributed by atoms with van der Waals surface area (Å²) in [4.78, 5) is 29.2. The van der Waals surface area contributed by atoms with E-state index in [1.54, 1.807) is 35.5 Å². The Bertz CT molecular complexity index is 1300. The SMILES string of the molecule is CSc1ccc(C2c3c(oc4ccc(Cl)cc4c3=O)C(=O)N2c2nncs2)cc1. The molecule has 9 heteroatoms. The molecule has 0 fully saturated rings. The minimum atomic E-state index is -0.652. The molecule has 1 aliphatic heterocycles. The third-order valence-corrected chi connectivity index (χ3v) is 6.49. The molecule has 5 rings (SSSR count). The van der Waals surface area contributed by atoms with E-state index < -0.39 is 11.9 Å². The third-order valence-electron chi connectivity index (χ3n) is 4.82. The molecule has 1 atom stereocenters. The lowest BCUT2D eigenvalue weighted by Crippen LogP contribution is -2.29. The number of hydrogen-bond donors (Lipinski definition) is 0. The number of rotatable bonds is 3. The van der Waals surface area contributed by atoms with Crippen molar-refractivity contribution < 1.29 is 9.21 Å². The number of halogens is 1. The van der Waals surface area contributed by atoms with Crippen molar-refractivity contribution in [2.75, 3.05) is 11.2 Å². The smallest absolute Gasteiger partial charge is 0.297 e. The van der Waals surface area contributed by atoms with E-state index >= 15 is 0 Å². The summed E-state index contributed by atoms with van der Waals surface area (Å²) < 4.78 is 5.88. The first-order valence-corrected chi connectivity index (χ1v) is 11.1. The number of fused-ring (bicyclic) bond motifs is 2. The summed E-state index contributed by atoms with van der Waals surface area (Å²) in [7, 11) is 0. The van der Waals surface area contributed by atoms with E-state index in [-0.39, 0.29) is 16.8 Å². The van der Waals surface area contributed by atoms with Crippen molar-refractivity contribution in [2.45, 2.75) is 10.9 Å². The number of benzene rings is 2. The number of anilines is 1. The molecule has 0 saturated heterocycles. The van der Waals surface area contributed by atoms with Gasteiger partial charge in [0.05, 0.1) is 17.0 Å². The maximum Gasteiger partial charge on any atom is 0.297 e. The van der Waals surface area contributed by atoms with Gasteiger partial charge in [-0.2, -0.15) is 0 Å². The summed E-state index contributed by atoms with van der Waals surface area (Å²) >= 11 is 8.93. The van der Waals surface area contributed by atoms with Crippen LogP contribution in [0.3, 0.4) is 0 Å². The van der Waals surface area contributed by atoms with Crippen molar-refractivity contribution in [1.29, 1.82) is 0 Å². The van der Waals surface area contributed by atoms with E-state index in [1.165, 1.54) is 16.2 Å². The Balaban J connectivity index is 1.80. The number of carbonyl (C=O) groups is 1. The highest BCUT2D eigenvalue weighted by molar-refractivity contribution is 7.98. The third kappa shape index (κ3) is 2.87. The molecule has 0 saturated carbocycles. The average molecular weight is 442 g/mol. The Morgan fingerprint density at radius 3 is 2.66 bits per heavy atom. The quantitative estimate of drug-likeness (QED) is 0.426. The average Bonchev–Trinajstić information content (AvgIpc) is 3.35. The van der Waals surface area contributed by atoms with Crippen LogP contribution in [0.5, 0.6) is 0 Å². The predicted octanol–water partition coefficient (Wildman–Crippen LogP) is 4.77. The van der Waals surface area contributed by atoms with Crippen LogP contribution >= 0.6 is 34.7 Å². The van der Waals surface area contributed by atoms with Gasteiger partial charge in [0.2, 0.25) is 10.9 Å². The fourth-order valence-electron chi connectivity index (χ4n) is 3.52. The van der Waals surface area contributed by atoms with E-state index in [0.717, 1.165) is 10.5 Å². The van der Waals surface area contributed by atoms with Crippen molar-refractivity contribution in [3.8, 4) is 0 Å². The zero-order valence-corrected chi connectivity index (χ0v) is 17.3. The van der Waals surface area contributed by atoms with Gasteiger partial charge in [-0.3, -0.25) is 14.5 Å². The van der Waals surface area contributed by atoms with Gasteiger partial charge in [0.15, 0.2) is 5.43 Å². The predicted molar refractivity (Wildman–Crippen MR) is 114 cm³/mol. The molecule has 2 aromatic heterocycles. The van der Waals surface area contributed by atoms with Crippen LogP contribution < -0.4 is 10.3 Å². The summed E-state index contributed by atoms with van der Waals surface area (Å²) in [5, 5.41) is 9.09. The van der Waals surface area contributed by atoms with Crippen LogP contribution in [0.2, 0.25) is 5.02 Å². The number of carbonyl (C=O) groups excluding carboxylic acids is 1. The standard InChI is InChI=1S/C20H12ClN3O3S2/c1-28-12-5-2-10(3-6-12)16-15-17(25)13-8-11(21)4-7-14(13)27-18(15)19(26)24(16)20-23-22-9-29-20/h2-9,16H,1H3. The van der Waals surface area contributed by atoms with E-state index in [9.17, 15) is 9.59 Å². The van der Waals surface area contributed by atoms with Crippen LogP contribution in [0.15, 0.2) is 62.1 Å². The van der Waals surface area contributed by atoms with Crippen molar-refractivity contribution in [3.63, 3.8) is 0 Å². The van der Waals surface area contributed by atoms with Crippen LogP contribution in [0, 0.1) is 0 Å². The minimum Gasteiger partial charge on any atom is -0.450 e. The molecular weight excluding hydrogens is 430 g/mol. The highest BCUT2D eigenvalue weighted by Gasteiger charge is 2.44. The normalized spacial score (nSPS) is 15.9. The summed E-state index contributed by atoms with van der Waals surface area (Å²) in [5.41, 5.74) is 2.67. The first-order valence-electron chi connectivity index (χ1n) is 8.58. The second-order valence-electron chi connectivity index (χ2n) is 6.39. The van der Waals surface area contributed by atoms with Crippen molar-refractivity contribution in [3.05, 3.63) is 80.1 Å². The van der Waals surface area contributed by atoms with Gasteiger partial charge in [-0.25, -0.2) is 0 Å². The molecule has 6 nitrogen and oxygen atoms in total. The summed E-state index contributed by atoms with van der Waals surface area (Å²) in [6.45, 7) is 0. The Hall–Kier alpha value is -2.68. The first-order chi connectivity index (χ1) is 14.1. The molecular formula is C20H12ClN3O3S2. The lowest BCUT2D eigenvalue weighted by atomic mass is 9.99. The molecule has 0 N–H and O–H groups in total. The molecule has 3 heterocycles. The van der Waals surface area contributed by atoms with Crippen molar-refractivity contribution >= 4 is 56.7 Å². The van der Waals surface area contributed by atoms with E-state index in [2.05, 4.69) is 10.2 Å². The number of nitrogens with zero attached hydrogens (tertiary/aromatic N) is 3. The van der Waals surface area contributed by atoms with Gasteiger partial charge in [-0.1, -0.05) is 35.1 Å². The van der Waals surface area contributed by atoms with Crippen LogP contribution in [0.4, 0.5) is 5.13 Å². The Morgan fingerprint density at radius 1 is 1.17 bits per heavy atom. The Kier molecular flexibility index (Phi) is 4.42. The lowest BCUT2D eigenvalue weighted by Gasteiger charge is -2.22. The van der Waals surface area contributed by atoms with E-state index in [0.29, 0.717) is 21.1 Å². The first kappa shape index (κ1) is 18.4. The highest BCUT2D eigenvalue weighted by atomic mass is 35.5. The van der Waals surface area contributed by atoms with Gasteiger partial charge in [-0.05, 0) is 42.2 Å². The van der Waals surface area contributed by atoms with Crippen molar-refractivity contribution in [2.24, 2.45) is 0 Å². The second kappa shape index (κ2) is 6.98. The molecule has 0 spiro atoms. The Morgan fingerprint density at radius 2 is 1.97 bits per heavy atom. The summed E-state index contributed by atoms with van der Waals surface area (Å²) in [6.07, 6.45) is 1.99. The fraction of sp³-hybridized carbons (Fsp3) is 0.100. The lowest BCUT2D eigenvalue weighted by molar-refractivity contribution is 0.0970. The molecule has 1 amide bonds. The van der Waals surface area contributed by atoms with E-state index in [4.69, 9.17) is 16.0 Å². The van der Waals surface area contributed by atoms with Gasteiger partial charge in [0.25, 0.3) is 5.91 Å². The Labute approximate surface area is 178 Å². The molecule has 1 aliphatic rings. The molecule has 29 heavy (non-hydrogen) atoms. The molecule has 2 aromatic carbocycles. The summed E-state index contributed by atoms with van der Waals surface area (Å²) in [5.74, 6) is -0.386. The van der Waals surface area contributed by atoms with Gasteiger partial charge >= 0.3 is 0 Å². The van der Waals surface area contributed by atoms with Gasteiger partial charge in [0.1, 0.15) is 11.1 Å². The monoisotopic (exact) mass is 441 g/mol. The molecule has 0 radical (unpaired) electrons. The maximum atomic E-state index is 13.4. The minimum absolute atomic E-state index is 0.0268. The zero-order valence-electron chi connectivity index (χ0n) is 15.0. The van der Waals surface area contributed by atoms with Crippen LogP contribution in [0.1, 0.15) is 27.7 Å². The number of thioether (sulfide) groups is 1. The molecule has 0 aliphatic carbocycles. The summed E-state index contributed by atoms with van der Waals surface area (Å²) in [6, 6.07) is 11.9. The molecule has 144 valence electrons. The van der Waals surface area contributed by atoms with Crippen molar-refractivity contribution in [1.82, 2.24) is 10.2 Å². The molecule has 0 bridgehead atoms. The van der Waals surface area contributed by atoms with Crippen LogP contribution in [-0.4, -0.2) is 22.4 Å². The van der Waals surface area contributed by atoms with Crippen LogP contribution in [0.25, 0.3) is 11.0 Å². The zero-order chi connectivity index (χ0) is 20.1. The number of aromatic nitrogens is 2. The fourth-order valence-corrected chi connectivity index (χ4v) is 4.68. The topological polar surface area (TPSA) is 76.3 Å². The highest BCUT2D eigenvalue weighted by Crippen LogP contribution is 2.41. The maximum absolute atomic E-state index is 13.4. The number of hydrogen-bond acceptors (Lipinski definition) is 7. The second-order valence-corrected chi connectivity index (χ2v) is 8.51. The van der Waals surface area contributed by atoms with Crippen LogP contribution in [-0.2, 0) is 0 Å². The van der Waals surface area contributed by atoms with Gasteiger partial charge in [0, 0.05) is 9.92 Å². The van der Waals surface area contributed by atoms with E-state index in [1.807, 2.05) is 30.5 Å².